The van der Waals surface area contributed by atoms with Crippen molar-refractivity contribution in [1.82, 2.24) is 15.0 Å². The summed E-state index contributed by atoms with van der Waals surface area (Å²) in [6, 6.07) is 83.5. The van der Waals surface area contributed by atoms with E-state index in [1.807, 2.05) is 30.7 Å². The van der Waals surface area contributed by atoms with E-state index in [1.165, 1.54) is 44.3 Å². The van der Waals surface area contributed by atoms with Crippen molar-refractivity contribution in [2.75, 3.05) is 0 Å². The van der Waals surface area contributed by atoms with Gasteiger partial charge in [-0.1, -0.05) is 176 Å². The van der Waals surface area contributed by atoms with Crippen LogP contribution in [-0.2, 0) is 36.4 Å². The van der Waals surface area contributed by atoms with Gasteiger partial charge in [-0.3, -0.25) is 9.97 Å². The summed E-state index contributed by atoms with van der Waals surface area (Å²) in [5.74, 6) is 0. The number of hydrogen-bond acceptors (Lipinski definition) is 3. The zero-order chi connectivity index (χ0) is 53.0. The summed E-state index contributed by atoms with van der Waals surface area (Å²) < 4.78 is 0. The van der Waals surface area contributed by atoms with E-state index < -0.39 is 0 Å². The molecule has 0 aliphatic heterocycles. The molecule has 3 aromatic heterocycles. The Labute approximate surface area is 470 Å². The Balaban J connectivity index is 0.000000290. The van der Waals surface area contributed by atoms with E-state index in [0.29, 0.717) is 0 Å². The van der Waals surface area contributed by atoms with Crippen molar-refractivity contribution < 1.29 is 20.1 Å². The fourth-order valence-electron chi connectivity index (χ4n) is 9.85. The molecule has 0 fully saturated rings. The standard InChI is InChI=1S/C55H40N.C18H24N2.Ir/c1-55(2,3)46-30-31-53-42(37-46)32-33-56-54(53)41-28-26-40(27-29-41)49-22-12-15-25-52(49)45-35-43(50-23-13-10-20-47(50)38-16-6-4-7-17-38)34-44(36-45)51-24-14-11-21-48(51)39-18-8-5-9-19-39;1-17(2,3)13-7-9-19-15(11-13)16-12-14(8-10-20-16)18(4,5)6;/h4-6,8,10-28,30-37H,1-3H3;7-12H,1-6H3;/q-3;;+3. The van der Waals surface area contributed by atoms with Gasteiger partial charge >= 0.3 is 20.1 Å². The fraction of sp³-hybridized carbons (Fsp3) is 0.164. The quantitative estimate of drug-likeness (QED) is 0.142. The number of fused-ring (bicyclic) bond motifs is 1. The van der Waals surface area contributed by atoms with Gasteiger partial charge in [0.05, 0.1) is 11.4 Å². The second kappa shape index (κ2) is 22.8. The third kappa shape index (κ3) is 12.2. The first kappa shape index (κ1) is 53.9. The molecule has 0 unspecified atom stereocenters. The molecule has 0 amide bonds. The largest absolute Gasteiger partial charge is 3.00 e. The Morgan fingerprint density at radius 3 is 1.13 bits per heavy atom. The predicted octanol–water partition coefficient (Wildman–Crippen LogP) is 19.3. The van der Waals surface area contributed by atoms with Crippen LogP contribution in [0.4, 0.5) is 0 Å². The molecule has 0 N–H and O–H groups in total. The summed E-state index contributed by atoms with van der Waals surface area (Å²) in [6.45, 7) is 20.0. The van der Waals surface area contributed by atoms with E-state index in [1.54, 1.807) is 0 Å². The van der Waals surface area contributed by atoms with Crippen molar-refractivity contribution in [3.05, 3.63) is 260 Å². The van der Waals surface area contributed by atoms with Crippen LogP contribution in [0.3, 0.4) is 0 Å². The molecule has 3 nitrogen and oxygen atoms in total. The van der Waals surface area contributed by atoms with Crippen molar-refractivity contribution in [1.29, 1.82) is 0 Å². The number of pyridine rings is 3. The summed E-state index contributed by atoms with van der Waals surface area (Å²) in [4.78, 5) is 13.8. The van der Waals surface area contributed by atoms with Gasteiger partial charge in [0.2, 0.25) is 0 Å². The Morgan fingerprint density at radius 2 is 0.740 bits per heavy atom. The fourth-order valence-corrected chi connectivity index (χ4v) is 9.85. The minimum Gasteiger partial charge on any atom is -0.304 e. The number of benzene rings is 8. The van der Waals surface area contributed by atoms with Crippen LogP contribution in [0.2, 0.25) is 0 Å². The molecule has 0 aliphatic rings. The second-order valence-corrected chi connectivity index (χ2v) is 22.7. The summed E-state index contributed by atoms with van der Waals surface area (Å²) >= 11 is 0. The smallest absolute Gasteiger partial charge is 0.304 e. The first-order chi connectivity index (χ1) is 36.6. The molecule has 4 heteroatoms. The zero-order valence-corrected chi connectivity index (χ0v) is 47.9. The Bertz CT molecular complexity index is 3640. The molecule has 0 saturated heterocycles. The maximum atomic E-state index is 4.84. The monoisotopic (exact) mass is 1180 g/mol. The van der Waals surface area contributed by atoms with Crippen LogP contribution < -0.4 is 0 Å². The number of rotatable bonds is 8. The molecule has 0 bridgehead atoms. The van der Waals surface area contributed by atoms with Crippen molar-refractivity contribution in [3.8, 4) is 89.4 Å². The number of nitrogens with zero attached hydrogens (tertiary/aromatic N) is 3. The summed E-state index contributed by atoms with van der Waals surface area (Å²) in [6.07, 6.45) is 5.66. The van der Waals surface area contributed by atoms with E-state index in [-0.39, 0.29) is 36.4 Å². The van der Waals surface area contributed by atoms with Crippen LogP contribution >= 0.6 is 0 Å². The molecule has 0 atom stereocenters. The Kier molecular flexibility index (Phi) is 15.9. The van der Waals surface area contributed by atoms with Gasteiger partial charge in [-0.15, -0.1) is 41.0 Å². The van der Waals surface area contributed by atoms with Crippen molar-refractivity contribution >= 4 is 10.8 Å². The molecule has 3 heterocycles. The van der Waals surface area contributed by atoms with Crippen LogP contribution in [-0.4, -0.2) is 15.0 Å². The van der Waals surface area contributed by atoms with Crippen LogP contribution in [0, 0.1) is 18.2 Å². The van der Waals surface area contributed by atoms with Gasteiger partial charge in [0, 0.05) is 18.6 Å². The van der Waals surface area contributed by atoms with Crippen LogP contribution in [0.1, 0.15) is 79.0 Å². The van der Waals surface area contributed by atoms with Crippen LogP contribution in [0.25, 0.3) is 100 Å². The molecule has 0 saturated carbocycles. The summed E-state index contributed by atoms with van der Waals surface area (Å²) in [5, 5.41) is 2.33. The normalized spacial score (nSPS) is 11.6. The van der Waals surface area contributed by atoms with Crippen molar-refractivity contribution in [2.45, 2.75) is 78.6 Å². The molecule has 380 valence electrons. The minimum atomic E-state index is 0. The average Bonchev–Trinajstić information content (AvgIpc) is 3.46. The van der Waals surface area contributed by atoms with Gasteiger partial charge < -0.3 is 4.98 Å². The maximum Gasteiger partial charge on any atom is 3.00 e. The molecule has 0 radical (unpaired) electrons. The molecular formula is C73H64IrN3. The zero-order valence-electron chi connectivity index (χ0n) is 45.5. The molecule has 8 aromatic carbocycles. The van der Waals surface area contributed by atoms with E-state index >= 15 is 0 Å². The topological polar surface area (TPSA) is 38.7 Å². The van der Waals surface area contributed by atoms with Gasteiger partial charge in [0.25, 0.3) is 0 Å². The third-order valence-corrected chi connectivity index (χ3v) is 14.2. The molecule has 0 spiro atoms. The van der Waals surface area contributed by atoms with Gasteiger partial charge in [0.15, 0.2) is 0 Å². The van der Waals surface area contributed by atoms with E-state index in [9.17, 15) is 0 Å². The van der Waals surface area contributed by atoms with Gasteiger partial charge in [-0.2, -0.15) is 60.7 Å². The molecule has 11 rings (SSSR count). The van der Waals surface area contributed by atoms with Crippen molar-refractivity contribution in [3.63, 3.8) is 0 Å². The number of aromatic nitrogens is 3. The van der Waals surface area contributed by atoms with Gasteiger partial charge in [0.1, 0.15) is 0 Å². The van der Waals surface area contributed by atoms with E-state index in [4.69, 9.17) is 4.98 Å². The average molecular weight is 1180 g/mol. The maximum absolute atomic E-state index is 4.84. The van der Waals surface area contributed by atoms with Crippen LogP contribution in [0.5, 0.6) is 0 Å². The van der Waals surface area contributed by atoms with Gasteiger partial charge in [-0.05, 0) is 131 Å². The predicted molar refractivity (Wildman–Crippen MR) is 320 cm³/mol. The summed E-state index contributed by atoms with van der Waals surface area (Å²) in [7, 11) is 0. The first-order valence-electron chi connectivity index (χ1n) is 26.3. The SMILES string of the molecule is CC(C)(C)c1ccc2c(-c3[c-]cc(-c4ccccc4-c4cc(-c5ccccc5-c5c[c-]ccc5)cc(-c5ccccc5-c5c[c-]ccc5)c4)cc3)nccc2c1.CC(C)(C)c1ccnc(-c2cc(C(C)(C)C)ccn2)c1.[Ir+3]. The Morgan fingerprint density at radius 1 is 0.338 bits per heavy atom. The van der Waals surface area contributed by atoms with Crippen molar-refractivity contribution in [2.24, 2.45) is 0 Å². The van der Waals surface area contributed by atoms with E-state index in [0.717, 1.165) is 72.5 Å². The first-order valence-corrected chi connectivity index (χ1v) is 26.3. The van der Waals surface area contributed by atoms with Gasteiger partial charge in [-0.25, -0.2) is 0 Å². The molecular weight excluding hydrogens is 1110 g/mol. The molecule has 11 aromatic rings. The summed E-state index contributed by atoms with van der Waals surface area (Å²) in [5.41, 5.74) is 21.9. The number of hydrogen-bond donors (Lipinski definition) is 0. The Hall–Kier alpha value is -7.88. The minimum absolute atomic E-state index is 0. The molecule has 0 aliphatic carbocycles. The molecule has 77 heavy (non-hydrogen) atoms. The van der Waals surface area contributed by atoms with Crippen LogP contribution in [0.15, 0.2) is 225 Å². The second-order valence-electron chi connectivity index (χ2n) is 22.7. The third-order valence-electron chi connectivity index (χ3n) is 14.2. The van der Waals surface area contributed by atoms with E-state index in [2.05, 4.69) is 285 Å².